The molecule has 0 saturated carbocycles. The van der Waals surface area contributed by atoms with Crippen LogP contribution in [0.3, 0.4) is 0 Å². The number of methoxy groups -OCH3 is 1. The molecule has 0 aliphatic carbocycles. The molecule has 1 aliphatic heterocycles. The molecule has 7 heteroatoms. The zero-order valence-electron chi connectivity index (χ0n) is 15.6. The van der Waals surface area contributed by atoms with E-state index in [4.69, 9.17) is 4.74 Å². The Morgan fingerprint density at radius 3 is 2.73 bits per heavy atom. The van der Waals surface area contributed by atoms with Crippen LogP contribution in [0.15, 0.2) is 24.3 Å². The number of benzene rings is 1. The van der Waals surface area contributed by atoms with Crippen LogP contribution in [0.1, 0.15) is 31.7 Å². The van der Waals surface area contributed by atoms with E-state index in [1.54, 1.807) is 7.11 Å². The van der Waals surface area contributed by atoms with Gasteiger partial charge in [0.1, 0.15) is 5.75 Å². The minimum Gasteiger partial charge on any atom is -0.496 e. The Hall–Kier alpha value is -2.12. The number of hydrogen-bond acceptors (Lipinski definition) is 5. The molecule has 1 aliphatic rings. The summed E-state index contributed by atoms with van der Waals surface area (Å²) >= 11 is 0. The predicted molar refractivity (Wildman–Crippen MR) is 98.8 cm³/mol. The number of ether oxygens (including phenoxy) is 1. The van der Waals surface area contributed by atoms with E-state index in [0.717, 1.165) is 24.3 Å². The first-order valence-electron chi connectivity index (χ1n) is 9.00. The first-order valence-corrected chi connectivity index (χ1v) is 9.00. The molecular formula is C19H29N3O4. The highest BCUT2D eigenvalue weighted by molar-refractivity contribution is 5.78. The fraction of sp³-hybridized carbons (Fsp3) is 0.579. The number of amides is 2. The molecule has 1 saturated heterocycles. The van der Waals surface area contributed by atoms with Gasteiger partial charge in [0, 0.05) is 32.1 Å². The Kier molecular flexibility index (Phi) is 7.41. The molecule has 1 atom stereocenters. The summed E-state index contributed by atoms with van der Waals surface area (Å²) in [6.45, 7) is 3.80. The number of likely N-dealkylation sites (tertiary alicyclic amines) is 1. The number of carbonyl (C=O) groups excluding carboxylic acids is 2. The number of aliphatic hydroxyl groups is 1. The van der Waals surface area contributed by atoms with Crippen LogP contribution in [-0.2, 0) is 16.1 Å². The summed E-state index contributed by atoms with van der Waals surface area (Å²) in [5.74, 6) is 0.559. The van der Waals surface area contributed by atoms with Crippen molar-refractivity contribution < 1.29 is 19.4 Å². The van der Waals surface area contributed by atoms with E-state index in [0.29, 0.717) is 32.5 Å². The predicted octanol–water partition coefficient (Wildman–Crippen LogP) is 0.665. The second-order valence-electron chi connectivity index (χ2n) is 6.85. The highest BCUT2D eigenvalue weighted by atomic mass is 16.5. The highest BCUT2D eigenvalue weighted by Gasteiger charge is 2.30. The van der Waals surface area contributed by atoms with E-state index < -0.39 is 5.60 Å². The quantitative estimate of drug-likeness (QED) is 0.662. The van der Waals surface area contributed by atoms with Gasteiger partial charge >= 0.3 is 0 Å². The van der Waals surface area contributed by atoms with Crippen molar-refractivity contribution in [1.29, 1.82) is 0 Å². The number of carbonyl (C=O) groups is 2. The van der Waals surface area contributed by atoms with Crippen LogP contribution in [0.2, 0.25) is 0 Å². The second-order valence-corrected chi connectivity index (χ2v) is 6.85. The summed E-state index contributed by atoms with van der Waals surface area (Å²) in [7, 11) is 1.61. The minimum atomic E-state index is -0.895. The molecule has 3 N–H and O–H groups in total. The Bertz CT molecular complexity index is 623. The van der Waals surface area contributed by atoms with Crippen molar-refractivity contribution >= 4 is 11.8 Å². The third-order valence-electron chi connectivity index (χ3n) is 4.71. The number of para-hydroxylation sites is 1. The van der Waals surface area contributed by atoms with Crippen LogP contribution in [0.25, 0.3) is 0 Å². The zero-order chi connectivity index (χ0) is 19.0. The number of nitrogens with one attached hydrogen (secondary N) is 2. The normalized spacial score (nSPS) is 20.9. The molecule has 26 heavy (non-hydrogen) atoms. The summed E-state index contributed by atoms with van der Waals surface area (Å²) in [4.78, 5) is 25.4. The standard InChI is InChI=1S/C19H29N3O4/c1-15(23)21-14-19(25)8-5-10-22(11-9-19)13-18(24)20-12-16-6-3-4-7-17(16)26-2/h3-4,6-7,25H,5,8-14H2,1-2H3,(H,20,24)(H,21,23)/t19-/m1/s1. The lowest BCUT2D eigenvalue weighted by molar-refractivity contribution is -0.122. The molecule has 0 bridgehead atoms. The van der Waals surface area contributed by atoms with Crippen LogP contribution < -0.4 is 15.4 Å². The molecular weight excluding hydrogens is 334 g/mol. The van der Waals surface area contributed by atoms with Crippen LogP contribution in [0.5, 0.6) is 5.75 Å². The lowest BCUT2D eigenvalue weighted by Gasteiger charge is -2.27. The maximum atomic E-state index is 12.3. The Morgan fingerprint density at radius 2 is 2.00 bits per heavy atom. The lowest BCUT2D eigenvalue weighted by atomic mass is 9.95. The van der Waals surface area contributed by atoms with Gasteiger partial charge < -0.3 is 20.5 Å². The van der Waals surface area contributed by atoms with Gasteiger partial charge in [0.05, 0.1) is 19.3 Å². The Morgan fingerprint density at radius 1 is 1.23 bits per heavy atom. The third kappa shape index (κ3) is 6.31. The number of hydrogen-bond donors (Lipinski definition) is 3. The van der Waals surface area contributed by atoms with Gasteiger partial charge in [-0.25, -0.2) is 0 Å². The third-order valence-corrected chi connectivity index (χ3v) is 4.71. The fourth-order valence-corrected chi connectivity index (χ4v) is 3.16. The van der Waals surface area contributed by atoms with Crippen molar-refractivity contribution in [2.75, 3.05) is 33.3 Å². The van der Waals surface area contributed by atoms with Gasteiger partial charge in [-0.1, -0.05) is 18.2 Å². The van der Waals surface area contributed by atoms with Crippen LogP contribution in [-0.4, -0.2) is 60.7 Å². The van der Waals surface area contributed by atoms with E-state index in [1.807, 2.05) is 29.2 Å². The number of rotatable bonds is 7. The summed E-state index contributed by atoms with van der Waals surface area (Å²) < 4.78 is 5.29. The van der Waals surface area contributed by atoms with E-state index in [2.05, 4.69) is 10.6 Å². The van der Waals surface area contributed by atoms with Gasteiger partial charge in [-0.3, -0.25) is 14.5 Å². The molecule has 1 fully saturated rings. The van der Waals surface area contributed by atoms with Crippen molar-refractivity contribution in [1.82, 2.24) is 15.5 Å². The molecule has 144 valence electrons. The molecule has 0 aromatic heterocycles. The average Bonchev–Trinajstić information content (AvgIpc) is 2.81. The van der Waals surface area contributed by atoms with E-state index in [9.17, 15) is 14.7 Å². The van der Waals surface area contributed by atoms with Crippen LogP contribution in [0.4, 0.5) is 0 Å². The van der Waals surface area contributed by atoms with Gasteiger partial charge in [0.15, 0.2) is 0 Å². The molecule has 2 amide bonds. The Labute approximate surface area is 154 Å². The Balaban J connectivity index is 1.79. The van der Waals surface area contributed by atoms with Gasteiger partial charge in [0.2, 0.25) is 11.8 Å². The maximum Gasteiger partial charge on any atom is 0.234 e. The minimum absolute atomic E-state index is 0.0526. The van der Waals surface area contributed by atoms with E-state index in [-0.39, 0.29) is 18.4 Å². The SMILES string of the molecule is COc1ccccc1CNC(=O)CN1CCC[C@](O)(CNC(C)=O)CC1. The molecule has 0 radical (unpaired) electrons. The van der Waals surface area contributed by atoms with Crippen LogP contribution in [0, 0.1) is 0 Å². The molecule has 1 aromatic carbocycles. The van der Waals surface area contributed by atoms with Gasteiger partial charge in [0.25, 0.3) is 0 Å². The molecule has 0 unspecified atom stereocenters. The summed E-state index contributed by atoms with van der Waals surface area (Å²) in [6, 6.07) is 7.59. The molecule has 1 aromatic rings. The molecule has 0 spiro atoms. The number of nitrogens with zero attached hydrogens (tertiary/aromatic N) is 1. The zero-order valence-corrected chi connectivity index (χ0v) is 15.6. The highest BCUT2D eigenvalue weighted by Crippen LogP contribution is 2.21. The maximum absolute atomic E-state index is 12.3. The second kappa shape index (κ2) is 9.54. The van der Waals surface area contributed by atoms with Crippen LogP contribution >= 0.6 is 0 Å². The topological polar surface area (TPSA) is 90.9 Å². The van der Waals surface area contributed by atoms with Crippen molar-refractivity contribution in [2.45, 2.75) is 38.3 Å². The summed E-state index contributed by atoms with van der Waals surface area (Å²) in [6.07, 6.45) is 1.94. The van der Waals surface area contributed by atoms with Crippen molar-refractivity contribution in [2.24, 2.45) is 0 Å². The van der Waals surface area contributed by atoms with E-state index in [1.165, 1.54) is 6.92 Å². The summed E-state index contributed by atoms with van der Waals surface area (Å²) in [5, 5.41) is 16.2. The lowest BCUT2D eigenvalue weighted by Crippen LogP contribution is -2.43. The van der Waals surface area contributed by atoms with E-state index >= 15 is 0 Å². The van der Waals surface area contributed by atoms with Gasteiger partial charge in [-0.2, -0.15) is 0 Å². The first kappa shape index (κ1) is 20.2. The van der Waals surface area contributed by atoms with Crippen molar-refractivity contribution in [3.8, 4) is 5.75 Å². The largest absolute Gasteiger partial charge is 0.496 e. The fourth-order valence-electron chi connectivity index (χ4n) is 3.16. The van der Waals surface area contributed by atoms with Crippen molar-refractivity contribution in [3.05, 3.63) is 29.8 Å². The molecule has 2 rings (SSSR count). The van der Waals surface area contributed by atoms with Crippen molar-refractivity contribution in [3.63, 3.8) is 0 Å². The monoisotopic (exact) mass is 363 g/mol. The van der Waals surface area contributed by atoms with Gasteiger partial charge in [-0.05, 0) is 31.9 Å². The molecule has 1 heterocycles. The summed E-state index contributed by atoms with van der Waals surface area (Å²) in [5.41, 5.74) is 0.0396. The average molecular weight is 363 g/mol. The van der Waals surface area contributed by atoms with Gasteiger partial charge in [-0.15, -0.1) is 0 Å². The smallest absolute Gasteiger partial charge is 0.234 e. The molecule has 7 nitrogen and oxygen atoms in total. The first-order chi connectivity index (χ1) is 12.4.